The zero-order valence-corrected chi connectivity index (χ0v) is 23.4. The third kappa shape index (κ3) is 3.10. The average molecular weight is 598 g/mol. The lowest BCUT2D eigenvalue weighted by Gasteiger charge is -2.50. The lowest BCUT2D eigenvalue weighted by Crippen LogP contribution is -2.60. The number of phenolic OH excluding ortho intramolecular Hbond substituents is 1. The topological polar surface area (TPSA) is 95.0 Å². The standard InChI is InChI=1S/C26H27BrCl2N2O5/c1-12-9-13(5-8-17(12)32)19-14-6-7-15-18(21(34)31(20(15)33)24(2,3)4)16(14)10-25(28)22(35)30(11-27)23(36)26(19,25)29/h5-6,8-9,15-16,18-19,32H,7,10-11H2,1-4H3/t15-,16+,18-,19-,25+,26-/m0/s1. The van der Waals surface area contributed by atoms with E-state index in [4.69, 9.17) is 23.2 Å². The number of phenols is 1. The van der Waals surface area contributed by atoms with Gasteiger partial charge in [0.15, 0.2) is 9.75 Å². The maximum atomic E-state index is 13.7. The molecule has 6 atom stereocenters. The summed E-state index contributed by atoms with van der Waals surface area (Å²) in [6.45, 7) is 7.18. The number of fused-ring (bicyclic) bond motifs is 4. The highest BCUT2D eigenvalue weighted by Crippen LogP contribution is 2.65. The molecule has 10 heteroatoms. The smallest absolute Gasteiger partial charge is 0.254 e. The molecule has 0 radical (unpaired) electrons. The van der Waals surface area contributed by atoms with E-state index >= 15 is 0 Å². The molecule has 1 aromatic carbocycles. The molecule has 5 rings (SSSR count). The van der Waals surface area contributed by atoms with Crippen molar-refractivity contribution in [3.63, 3.8) is 0 Å². The highest BCUT2D eigenvalue weighted by atomic mass is 79.9. The SMILES string of the molecule is Cc1cc([C@H]2C3=CC[C@@H]4C(=O)N(C(C)(C)C)C(=O)[C@@H]4[C@@H]3C[C@@]3(Cl)C(=O)N(CBr)C(=O)[C@@]23Cl)ccc1O. The van der Waals surface area contributed by atoms with Crippen molar-refractivity contribution in [2.24, 2.45) is 17.8 Å². The van der Waals surface area contributed by atoms with E-state index in [2.05, 4.69) is 15.9 Å². The zero-order chi connectivity index (χ0) is 26.5. The number of rotatable bonds is 2. The predicted molar refractivity (Wildman–Crippen MR) is 138 cm³/mol. The van der Waals surface area contributed by atoms with E-state index in [0.29, 0.717) is 17.5 Å². The molecule has 2 aliphatic heterocycles. The van der Waals surface area contributed by atoms with E-state index in [1.807, 2.05) is 26.8 Å². The molecule has 4 aliphatic rings. The molecule has 36 heavy (non-hydrogen) atoms. The van der Waals surface area contributed by atoms with Crippen molar-refractivity contribution in [1.82, 2.24) is 9.80 Å². The van der Waals surface area contributed by atoms with Gasteiger partial charge in [0.2, 0.25) is 11.8 Å². The summed E-state index contributed by atoms with van der Waals surface area (Å²) in [7, 11) is 0. The molecule has 2 saturated heterocycles. The molecule has 2 heterocycles. The Balaban J connectivity index is 1.73. The minimum atomic E-state index is -1.84. The van der Waals surface area contributed by atoms with Crippen molar-refractivity contribution >= 4 is 62.8 Å². The fourth-order valence-corrected chi connectivity index (χ4v) is 8.07. The molecule has 0 spiro atoms. The van der Waals surface area contributed by atoms with E-state index < -0.39 is 50.8 Å². The number of amides is 4. The van der Waals surface area contributed by atoms with Crippen LogP contribution in [0, 0.1) is 24.7 Å². The Hall–Kier alpha value is -1.90. The minimum absolute atomic E-state index is 0.0380. The van der Waals surface area contributed by atoms with Crippen LogP contribution >= 0.6 is 39.1 Å². The number of hydrogen-bond donors (Lipinski definition) is 1. The van der Waals surface area contributed by atoms with Gasteiger partial charge in [-0.3, -0.25) is 29.0 Å². The van der Waals surface area contributed by atoms with Crippen LogP contribution in [0.3, 0.4) is 0 Å². The lowest BCUT2D eigenvalue weighted by molar-refractivity contribution is -0.146. The Morgan fingerprint density at radius 1 is 1.08 bits per heavy atom. The number of aromatic hydroxyl groups is 1. The monoisotopic (exact) mass is 596 g/mol. The first-order valence-corrected chi connectivity index (χ1v) is 13.8. The molecule has 0 aromatic heterocycles. The summed E-state index contributed by atoms with van der Waals surface area (Å²) in [5.74, 6) is -4.30. The van der Waals surface area contributed by atoms with Crippen molar-refractivity contribution in [2.45, 2.75) is 61.7 Å². The first-order valence-electron chi connectivity index (χ1n) is 11.9. The highest BCUT2D eigenvalue weighted by Gasteiger charge is 2.76. The fourth-order valence-electron chi connectivity index (χ4n) is 6.65. The lowest BCUT2D eigenvalue weighted by atomic mass is 9.56. The maximum Gasteiger partial charge on any atom is 0.254 e. The van der Waals surface area contributed by atoms with Crippen LogP contribution in [0.5, 0.6) is 5.75 Å². The second kappa shape index (κ2) is 8.05. The van der Waals surface area contributed by atoms with Crippen molar-refractivity contribution < 1.29 is 24.3 Å². The normalized spacial score (nSPS) is 36.1. The van der Waals surface area contributed by atoms with Crippen LogP contribution < -0.4 is 0 Å². The van der Waals surface area contributed by atoms with Gasteiger partial charge in [0.1, 0.15) is 5.75 Å². The number of halogens is 3. The van der Waals surface area contributed by atoms with E-state index in [1.165, 1.54) is 11.0 Å². The van der Waals surface area contributed by atoms with Gasteiger partial charge in [-0.05, 0) is 63.6 Å². The van der Waals surface area contributed by atoms with E-state index in [0.717, 1.165) is 10.5 Å². The number of imide groups is 2. The number of hydrogen-bond acceptors (Lipinski definition) is 5. The van der Waals surface area contributed by atoms with Gasteiger partial charge in [-0.1, -0.05) is 39.7 Å². The van der Waals surface area contributed by atoms with Crippen LogP contribution in [0.15, 0.2) is 29.8 Å². The van der Waals surface area contributed by atoms with Gasteiger partial charge in [0.25, 0.3) is 11.8 Å². The third-order valence-corrected chi connectivity index (χ3v) is 10.2. The highest BCUT2D eigenvalue weighted by molar-refractivity contribution is 9.09. The number of nitrogens with zero attached hydrogens (tertiary/aromatic N) is 2. The Morgan fingerprint density at radius 2 is 1.75 bits per heavy atom. The molecule has 4 amide bonds. The number of alkyl halides is 3. The number of likely N-dealkylation sites (tertiary alicyclic amines) is 2. The second-order valence-electron chi connectivity index (χ2n) is 11.2. The minimum Gasteiger partial charge on any atom is -0.508 e. The van der Waals surface area contributed by atoms with E-state index in [9.17, 15) is 24.3 Å². The van der Waals surface area contributed by atoms with Gasteiger partial charge in [0, 0.05) is 11.5 Å². The van der Waals surface area contributed by atoms with Crippen molar-refractivity contribution in [2.75, 3.05) is 5.45 Å². The summed E-state index contributed by atoms with van der Waals surface area (Å²) in [6, 6.07) is 4.92. The molecule has 2 aliphatic carbocycles. The van der Waals surface area contributed by atoms with Crippen LogP contribution in [0.25, 0.3) is 0 Å². The number of carbonyl (C=O) groups is 4. The van der Waals surface area contributed by atoms with Crippen molar-refractivity contribution in [3.05, 3.63) is 41.0 Å². The molecule has 7 nitrogen and oxygen atoms in total. The summed E-state index contributed by atoms with van der Waals surface area (Å²) in [6.07, 6.45) is 2.20. The van der Waals surface area contributed by atoms with Gasteiger partial charge in [-0.25, -0.2) is 0 Å². The van der Waals surface area contributed by atoms with Gasteiger partial charge in [-0.2, -0.15) is 0 Å². The van der Waals surface area contributed by atoms with Gasteiger partial charge < -0.3 is 5.11 Å². The maximum absolute atomic E-state index is 13.7. The molecule has 0 bridgehead atoms. The Kier molecular flexibility index (Phi) is 5.75. The van der Waals surface area contributed by atoms with Gasteiger partial charge in [-0.15, -0.1) is 23.2 Å². The first kappa shape index (κ1) is 25.7. The molecule has 3 fully saturated rings. The van der Waals surface area contributed by atoms with Crippen LogP contribution in [-0.2, 0) is 19.2 Å². The molecular weight excluding hydrogens is 571 g/mol. The van der Waals surface area contributed by atoms with Gasteiger partial charge in [0.05, 0.1) is 17.3 Å². The number of benzene rings is 1. The van der Waals surface area contributed by atoms with Crippen LogP contribution in [-0.4, -0.2) is 59.3 Å². The van der Waals surface area contributed by atoms with Gasteiger partial charge >= 0.3 is 0 Å². The summed E-state index contributed by atoms with van der Waals surface area (Å²) in [4.78, 5) is 53.0. The molecule has 1 saturated carbocycles. The summed E-state index contributed by atoms with van der Waals surface area (Å²) >= 11 is 17.6. The Morgan fingerprint density at radius 3 is 2.33 bits per heavy atom. The Bertz CT molecular complexity index is 1260. The van der Waals surface area contributed by atoms with Crippen LogP contribution in [0.1, 0.15) is 50.7 Å². The van der Waals surface area contributed by atoms with E-state index in [-0.39, 0.29) is 29.4 Å². The summed E-state index contributed by atoms with van der Waals surface area (Å²) < 4.78 is 0. The molecule has 1 N–H and O–H groups in total. The third-order valence-electron chi connectivity index (χ3n) is 8.24. The number of carbonyl (C=O) groups excluding carboxylic acids is 4. The first-order chi connectivity index (χ1) is 16.7. The number of allylic oxidation sites excluding steroid dienone is 2. The summed E-state index contributed by atoms with van der Waals surface area (Å²) in [5.41, 5.74) is 1.16. The fraction of sp³-hybridized carbons (Fsp3) is 0.538. The molecule has 192 valence electrons. The largest absolute Gasteiger partial charge is 0.508 e. The Labute approximate surface area is 227 Å². The molecule has 0 unspecified atom stereocenters. The second-order valence-corrected chi connectivity index (χ2v) is 13.0. The average Bonchev–Trinajstić information content (AvgIpc) is 3.14. The quantitative estimate of drug-likeness (QED) is 0.238. The van der Waals surface area contributed by atoms with Crippen molar-refractivity contribution in [1.29, 1.82) is 0 Å². The van der Waals surface area contributed by atoms with E-state index in [1.54, 1.807) is 19.1 Å². The van der Waals surface area contributed by atoms with Crippen LogP contribution in [0.2, 0.25) is 0 Å². The number of aryl methyl sites for hydroxylation is 1. The predicted octanol–water partition coefficient (Wildman–Crippen LogP) is 4.21. The summed E-state index contributed by atoms with van der Waals surface area (Å²) in [5, 5.41) is 10.1. The molecule has 1 aromatic rings. The zero-order valence-electron chi connectivity index (χ0n) is 20.3. The molecular formula is C26H27BrCl2N2O5. The van der Waals surface area contributed by atoms with Crippen molar-refractivity contribution in [3.8, 4) is 5.75 Å². The van der Waals surface area contributed by atoms with Crippen LogP contribution in [0.4, 0.5) is 0 Å².